The maximum absolute atomic E-state index is 13.9. The van der Waals surface area contributed by atoms with Crippen molar-refractivity contribution in [2.45, 2.75) is 6.61 Å². The zero-order chi connectivity index (χ0) is 15.6. The van der Waals surface area contributed by atoms with Crippen LogP contribution in [0, 0.1) is 17.1 Å². The average Bonchev–Trinajstić information content (AvgIpc) is 2.39. The Morgan fingerprint density at radius 2 is 1.95 bits per heavy atom. The molecule has 1 aromatic carbocycles. The van der Waals surface area contributed by atoms with Crippen LogP contribution in [0.15, 0.2) is 18.2 Å². The number of hydrogen-bond acceptors (Lipinski definition) is 6. The number of halogens is 3. The quantitative estimate of drug-likeness (QED) is 0.894. The van der Waals surface area contributed by atoms with Crippen LogP contribution in [-0.2, 0) is 0 Å². The van der Waals surface area contributed by atoms with Crippen LogP contribution in [0.25, 0.3) is 11.3 Å². The maximum Gasteiger partial charge on any atom is 0.387 e. The molecule has 0 spiro atoms. The van der Waals surface area contributed by atoms with Gasteiger partial charge in [-0.2, -0.15) is 19.0 Å². The van der Waals surface area contributed by atoms with Crippen LogP contribution in [0.2, 0.25) is 0 Å². The fraction of sp³-hybridized carbons (Fsp3) is 0.0833. The molecule has 108 valence electrons. The molecule has 9 heteroatoms. The van der Waals surface area contributed by atoms with Gasteiger partial charge in [0.05, 0.1) is 5.69 Å². The second-order valence-electron chi connectivity index (χ2n) is 3.82. The molecule has 0 unspecified atom stereocenters. The molecule has 1 heterocycles. The molecule has 0 radical (unpaired) electrons. The molecule has 0 atom stereocenters. The normalized spacial score (nSPS) is 10.4. The highest BCUT2D eigenvalue weighted by Crippen LogP contribution is 2.30. The summed E-state index contributed by atoms with van der Waals surface area (Å²) in [6.07, 6.45) is 0. The highest BCUT2D eigenvalue weighted by Gasteiger charge is 2.18. The van der Waals surface area contributed by atoms with Crippen molar-refractivity contribution < 1.29 is 17.9 Å². The number of rotatable bonds is 3. The van der Waals surface area contributed by atoms with Crippen molar-refractivity contribution in [1.29, 1.82) is 5.26 Å². The van der Waals surface area contributed by atoms with Crippen LogP contribution in [-0.4, -0.2) is 16.6 Å². The van der Waals surface area contributed by atoms with Crippen LogP contribution >= 0.6 is 0 Å². The lowest BCUT2D eigenvalue weighted by molar-refractivity contribution is -0.0498. The van der Waals surface area contributed by atoms with E-state index in [-0.39, 0.29) is 34.3 Å². The fourth-order valence-electron chi connectivity index (χ4n) is 1.66. The standard InChI is InChI=1S/C12H8F3N5O/c13-8-2-1-5(21-11(14)15)3-6(8)9-7(4-16)10(17)20-12(18)19-9/h1-3,11H,(H4,17,18,19,20). The van der Waals surface area contributed by atoms with E-state index in [1.165, 1.54) is 0 Å². The molecular weight excluding hydrogens is 287 g/mol. The van der Waals surface area contributed by atoms with Crippen molar-refractivity contribution in [3.8, 4) is 23.1 Å². The first-order chi connectivity index (χ1) is 9.92. The Hall–Kier alpha value is -3.02. The van der Waals surface area contributed by atoms with Gasteiger partial charge in [-0.3, -0.25) is 0 Å². The number of nitriles is 1. The van der Waals surface area contributed by atoms with Crippen LogP contribution < -0.4 is 16.2 Å². The lowest BCUT2D eigenvalue weighted by Gasteiger charge is -2.10. The molecule has 0 aliphatic heterocycles. The summed E-state index contributed by atoms with van der Waals surface area (Å²) in [5.41, 5.74) is 10.3. The minimum absolute atomic E-state index is 0.195. The average molecular weight is 295 g/mol. The number of nitrogens with two attached hydrogens (primary N) is 2. The third-order valence-electron chi connectivity index (χ3n) is 2.48. The van der Waals surface area contributed by atoms with E-state index in [0.29, 0.717) is 0 Å². The number of alkyl halides is 2. The van der Waals surface area contributed by atoms with Crippen LogP contribution in [0.4, 0.5) is 24.9 Å². The third kappa shape index (κ3) is 2.94. The molecule has 0 saturated heterocycles. The van der Waals surface area contributed by atoms with E-state index in [1.54, 1.807) is 6.07 Å². The second-order valence-corrected chi connectivity index (χ2v) is 3.82. The van der Waals surface area contributed by atoms with Gasteiger partial charge in [-0.15, -0.1) is 0 Å². The molecule has 0 aliphatic rings. The minimum Gasteiger partial charge on any atom is -0.435 e. The number of benzene rings is 1. The SMILES string of the molecule is N#Cc1c(N)nc(N)nc1-c1cc(OC(F)F)ccc1F. The van der Waals surface area contributed by atoms with E-state index >= 15 is 0 Å². The summed E-state index contributed by atoms with van der Waals surface area (Å²) in [6, 6.07) is 4.62. The van der Waals surface area contributed by atoms with Gasteiger partial charge in [0.15, 0.2) is 0 Å². The van der Waals surface area contributed by atoms with Gasteiger partial charge < -0.3 is 16.2 Å². The van der Waals surface area contributed by atoms with Gasteiger partial charge in [-0.05, 0) is 18.2 Å². The first kappa shape index (κ1) is 14.4. The van der Waals surface area contributed by atoms with Crippen LogP contribution in [0.1, 0.15) is 5.56 Å². The summed E-state index contributed by atoms with van der Waals surface area (Å²) in [7, 11) is 0. The fourth-order valence-corrected chi connectivity index (χ4v) is 1.66. The van der Waals surface area contributed by atoms with E-state index in [9.17, 15) is 13.2 Å². The molecule has 0 bridgehead atoms. The Balaban J connectivity index is 2.64. The van der Waals surface area contributed by atoms with Crippen molar-refractivity contribution in [2.75, 3.05) is 11.5 Å². The number of anilines is 2. The van der Waals surface area contributed by atoms with E-state index in [0.717, 1.165) is 18.2 Å². The molecular formula is C12H8F3N5O. The molecule has 0 saturated carbocycles. The lowest BCUT2D eigenvalue weighted by Crippen LogP contribution is -2.06. The molecule has 1 aromatic heterocycles. The van der Waals surface area contributed by atoms with Gasteiger partial charge in [0, 0.05) is 5.56 Å². The maximum atomic E-state index is 13.9. The highest BCUT2D eigenvalue weighted by molar-refractivity contribution is 5.74. The second kappa shape index (κ2) is 5.54. The summed E-state index contributed by atoms with van der Waals surface area (Å²) in [6.45, 7) is -3.07. The minimum atomic E-state index is -3.07. The summed E-state index contributed by atoms with van der Waals surface area (Å²) in [5.74, 6) is -1.60. The largest absolute Gasteiger partial charge is 0.435 e. The van der Waals surface area contributed by atoms with Gasteiger partial charge in [-0.1, -0.05) is 0 Å². The van der Waals surface area contributed by atoms with Crippen LogP contribution in [0.3, 0.4) is 0 Å². The van der Waals surface area contributed by atoms with Crippen molar-refractivity contribution in [2.24, 2.45) is 0 Å². The molecule has 0 amide bonds. The number of aromatic nitrogens is 2. The molecule has 2 aromatic rings. The van der Waals surface area contributed by atoms with Gasteiger partial charge in [-0.25, -0.2) is 9.37 Å². The summed E-state index contributed by atoms with van der Waals surface area (Å²) < 4.78 is 42.4. The van der Waals surface area contributed by atoms with E-state index in [1.807, 2.05) is 0 Å². The zero-order valence-electron chi connectivity index (χ0n) is 10.3. The summed E-state index contributed by atoms with van der Waals surface area (Å²) in [4.78, 5) is 7.32. The monoisotopic (exact) mass is 295 g/mol. The Morgan fingerprint density at radius 1 is 1.24 bits per heavy atom. The Labute approximate surface area is 116 Å². The van der Waals surface area contributed by atoms with Gasteiger partial charge in [0.1, 0.15) is 29.0 Å². The third-order valence-corrected chi connectivity index (χ3v) is 2.48. The number of ether oxygens (including phenoxy) is 1. The topological polar surface area (TPSA) is 111 Å². The lowest BCUT2D eigenvalue weighted by atomic mass is 10.1. The molecule has 0 aliphatic carbocycles. The molecule has 4 N–H and O–H groups in total. The molecule has 0 fully saturated rings. The predicted octanol–water partition coefficient (Wildman–Crippen LogP) is 1.92. The Bertz CT molecular complexity index is 730. The first-order valence-electron chi connectivity index (χ1n) is 5.50. The predicted molar refractivity (Wildman–Crippen MR) is 67.6 cm³/mol. The highest BCUT2D eigenvalue weighted by atomic mass is 19.3. The molecule has 21 heavy (non-hydrogen) atoms. The number of nitrogens with zero attached hydrogens (tertiary/aromatic N) is 3. The van der Waals surface area contributed by atoms with Gasteiger partial charge in [0.2, 0.25) is 5.95 Å². The number of hydrogen-bond donors (Lipinski definition) is 2. The van der Waals surface area contributed by atoms with Crippen LogP contribution in [0.5, 0.6) is 5.75 Å². The number of nitrogen functional groups attached to an aromatic ring is 2. The van der Waals surface area contributed by atoms with Crippen molar-refractivity contribution in [3.63, 3.8) is 0 Å². The summed E-state index contributed by atoms with van der Waals surface area (Å²) in [5, 5.41) is 9.03. The first-order valence-corrected chi connectivity index (χ1v) is 5.50. The Kier molecular flexibility index (Phi) is 3.80. The van der Waals surface area contributed by atoms with E-state index in [2.05, 4.69) is 14.7 Å². The van der Waals surface area contributed by atoms with E-state index < -0.39 is 12.4 Å². The van der Waals surface area contributed by atoms with E-state index in [4.69, 9.17) is 16.7 Å². The van der Waals surface area contributed by atoms with Crippen molar-refractivity contribution in [1.82, 2.24) is 9.97 Å². The molecule has 2 rings (SSSR count). The van der Waals surface area contributed by atoms with Gasteiger partial charge in [0.25, 0.3) is 0 Å². The van der Waals surface area contributed by atoms with Crippen molar-refractivity contribution >= 4 is 11.8 Å². The van der Waals surface area contributed by atoms with Crippen molar-refractivity contribution in [3.05, 3.63) is 29.6 Å². The Morgan fingerprint density at radius 3 is 2.57 bits per heavy atom. The smallest absolute Gasteiger partial charge is 0.387 e. The summed E-state index contributed by atoms with van der Waals surface area (Å²) >= 11 is 0. The van der Waals surface area contributed by atoms with Gasteiger partial charge >= 0.3 is 6.61 Å². The molecule has 6 nitrogen and oxygen atoms in total. The zero-order valence-corrected chi connectivity index (χ0v) is 10.3.